The molecule has 0 saturated carbocycles. The minimum Gasteiger partial charge on any atom is -0.456 e. The molecule has 5 nitrogen and oxygen atoms in total. The maximum Gasteiger partial charge on any atom is 0.338 e. The number of ether oxygens (including phenoxy) is 1. The number of carbonyl (C=O) groups excluding carboxylic acids is 1. The number of nitrogens with zero attached hydrogens (tertiary/aromatic N) is 1. The van der Waals surface area contributed by atoms with Gasteiger partial charge in [0.1, 0.15) is 10.6 Å². The summed E-state index contributed by atoms with van der Waals surface area (Å²) in [4.78, 5) is 21.8. The lowest BCUT2D eigenvalue weighted by atomic mass is 10.1. The summed E-state index contributed by atoms with van der Waals surface area (Å²) in [7, 11) is 0. The van der Waals surface area contributed by atoms with E-state index in [1.165, 1.54) is 6.07 Å². The van der Waals surface area contributed by atoms with Crippen molar-refractivity contribution in [2.45, 2.75) is 26.4 Å². The predicted molar refractivity (Wildman–Crippen MR) is 68.3 cm³/mol. The highest BCUT2D eigenvalue weighted by Gasteiger charge is 2.23. The number of esters is 1. The number of nitro groups is 1. The van der Waals surface area contributed by atoms with E-state index in [2.05, 4.69) is 0 Å². The Labute approximate surface area is 114 Å². The first-order chi connectivity index (χ1) is 8.11. The van der Waals surface area contributed by atoms with Crippen molar-refractivity contribution in [1.82, 2.24) is 0 Å². The van der Waals surface area contributed by atoms with Crippen LogP contribution in [0, 0.1) is 10.1 Å². The maximum absolute atomic E-state index is 11.8. The van der Waals surface area contributed by atoms with Crippen LogP contribution in [0.2, 0.25) is 10.0 Å². The van der Waals surface area contributed by atoms with Crippen LogP contribution in [0.25, 0.3) is 0 Å². The van der Waals surface area contributed by atoms with E-state index < -0.39 is 22.2 Å². The number of benzene rings is 1. The molecule has 0 fully saturated rings. The van der Waals surface area contributed by atoms with E-state index in [1.807, 2.05) is 0 Å². The summed E-state index contributed by atoms with van der Waals surface area (Å²) in [6.07, 6.45) is 0. The van der Waals surface area contributed by atoms with E-state index in [0.717, 1.165) is 6.07 Å². The van der Waals surface area contributed by atoms with Crippen LogP contribution in [0.3, 0.4) is 0 Å². The molecule has 98 valence electrons. The Morgan fingerprint density at radius 2 is 1.89 bits per heavy atom. The molecule has 0 heterocycles. The van der Waals surface area contributed by atoms with Gasteiger partial charge < -0.3 is 4.74 Å². The monoisotopic (exact) mass is 291 g/mol. The van der Waals surface area contributed by atoms with Crippen LogP contribution in [-0.2, 0) is 4.74 Å². The molecule has 0 amide bonds. The van der Waals surface area contributed by atoms with Gasteiger partial charge in [0.2, 0.25) is 0 Å². The van der Waals surface area contributed by atoms with E-state index in [1.54, 1.807) is 20.8 Å². The zero-order valence-electron chi connectivity index (χ0n) is 9.99. The van der Waals surface area contributed by atoms with Crippen LogP contribution in [0.1, 0.15) is 31.1 Å². The summed E-state index contributed by atoms with van der Waals surface area (Å²) >= 11 is 11.4. The van der Waals surface area contributed by atoms with Gasteiger partial charge in [-0.1, -0.05) is 23.2 Å². The summed E-state index contributed by atoms with van der Waals surface area (Å²) < 4.78 is 5.09. The van der Waals surface area contributed by atoms with E-state index in [4.69, 9.17) is 27.9 Å². The first-order valence-corrected chi connectivity index (χ1v) is 5.74. The third kappa shape index (κ3) is 3.58. The third-order valence-electron chi connectivity index (χ3n) is 1.84. The molecule has 1 rings (SSSR count). The lowest BCUT2D eigenvalue weighted by molar-refractivity contribution is -0.384. The largest absolute Gasteiger partial charge is 0.456 e. The van der Waals surface area contributed by atoms with Gasteiger partial charge in [0, 0.05) is 6.07 Å². The van der Waals surface area contributed by atoms with Gasteiger partial charge in [-0.25, -0.2) is 4.79 Å². The van der Waals surface area contributed by atoms with Crippen LogP contribution < -0.4 is 0 Å². The molecule has 0 aliphatic heterocycles. The molecule has 1 aromatic carbocycles. The second-order valence-electron chi connectivity index (χ2n) is 4.55. The fraction of sp³-hybridized carbons (Fsp3) is 0.364. The van der Waals surface area contributed by atoms with E-state index in [-0.39, 0.29) is 15.6 Å². The molecule has 18 heavy (non-hydrogen) atoms. The lowest BCUT2D eigenvalue weighted by Crippen LogP contribution is -2.23. The summed E-state index contributed by atoms with van der Waals surface area (Å²) in [5.74, 6) is -0.691. The van der Waals surface area contributed by atoms with E-state index >= 15 is 0 Å². The second kappa shape index (κ2) is 5.12. The Kier molecular flexibility index (Phi) is 4.19. The highest BCUT2D eigenvalue weighted by Crippen LogP contribution is 2.33. The van der Waals surface area contributed by atoms with Crippen molar-refractivity contribution in [1.29, 1.82) is 0 Å². The molecule has 1 aromatic rings. The molecule has 0 bridgehead atoms. The van der Waals surface area contributed by atoms with Gasteiger partial charge in [0.05, 0.1) is 15.5 Å². The fourth-order valence-corrected chi connectivity index (χ4v) is 1.55. The van der Waals surface area contributed by atoms with Gasteiger partial charge in [-0.2, -0.15) is 0 Å². The Balaban J connectivity index is 3.19. The van der Waals surface area contributed by atoms with Crippen molar-refractivity contribution in [3.63, 3.8) is 0 Å². The molecule has 0 aliphatic carbocycles. The Morgan fingerprint density at radius 3 is 2.33 bits per heavy atom. The quantitative estimate of drug-likeness (QED) is 0.471. The first kappa shape index (κ1) is 14.7. The van der Waals surface area contributed by atoms with Crippen LogP contribution in [0.15, 0.2) is 12.1 Å². The van der Waals surface area contributed by atoms with Gasteiger partial charge in [0.15, 0.2) is 0 Å². The summed E-state index contributed by atoms with van der Waals surface area (Å²) in [5.41, 5.74) is -1.13. The zero-order chi connectivity index (χ0) is 14.1. The molecular formula is C11H11Cl2NO4. The van der Waals surface area contributed by atoms with E-state index in [0.29, 0.717) is 0 Å². The maximum atomic E-state index is 11.8. The summed E-state index contributed by atoms with van der Waals surface area (Å²) in [5, 5.41) is 10.5. The fourth-order valence-electron chi connectivity index (χ4n) is 1.16. The van der Waals surface area contributed by atoms with Crippen LogP contribution in [-0.4, -0.2) is 16.5 Å². The summed E-state index contributed by atoms with van der Waals surface area (Å²) in [6, 6.07) is 2.28. The molecule has 0 N–H and O–H groups in total. The number of carbonyl (C=O) groups is 1. The predicted octanol–water partition coefficient (Wildman–Crippen LogP) is 3.86. The van der Waals surface area contributed by atoms with Gasteiger partial charge in [-0.05, 0) is 26.8 Å². The standard InChI is InChI=1S/C11H11Cl2NO4/c1-11(2,3)18-10(15)6-4-7(12)9(13)8(5-6)14(16)17/h4-5H,1-3H3. The molecule has 7 heteroatoms. The average Bonchev–Trinajstić information content (AvgIpc) is 2.18. The SMILES string of the molecule is CC(C)(C)OC(=O)c1cc(Cl)c(Cl)c([N+](=O)[O-])c1. The molecule has 0 aliphatic rings. The molecule has 0 unspecified atom stereocenters. The highest BCUT2D eigenvalue weighted by atomic mass is 35.5. The zero-order valence-corrected chi connectivity index (χ0v) is 11.5. The molecule has 0 spiro atoms. The van der Waals surface area contributed by atoms with Crippen molar-refractivity contribution < 1.29 is 14.5 Å². The first-order valence-electron chi connectivity index (χ1n) is 4.98. The van der Waals surface area contributed by atoms with Crippen LogP contribution in [0.4, 0.5) is 5.69 Å². The number of rotatable bonds is 2. The third-order valence-corrected chi connectivity index (χ3v) is 2.63. The Bertz CT molecular complexity index is 509. The summed E-state index contributed by atoms with van der Waals surface area (Å²) in [6.45, 7) is 5.07. The molecular weight excluding hydrogens is 281 g/mol. The number of hydrogen-bond donors (Lipinski definition) is 0. The topological polar surface area (TPSA) is 69.4 Å². The number of hydrogen-bond acceptors (Lipinski definition) is 4. The Hall–Kier alpha value is -1.33. The second-order valence-corrected chi connectivity index (χ2v) is 5.34. The average molecular weight is 292 g/mol. The van der Waals surface area contributed by atoms with Crippen molar-refractivity contribution in [2.24, 2.45) is 0 Å². The molecule has 0 atom stereocenters. The van der Waals surface area contributed by atoms with Gasteiger partial charge in [-0.15, -0.1) is 0 Å². The van der Waals surface area contributed by atoms with Crippen molar-refractivity contribution >= 4 is 34.9 Å². The van der Waals surface area contributed by atoms with Crippen molar-refractivity contribution in [3.05, 3.63) is 37.9 Å². The minimum atomic E-state index is -0.706. The van der Waals surface area contributed by atoms with E-state index in [9.17, 15) is 14.9 Å². The van der Waals surface area contributed by atoms with Gasteiger partial charge >= 0.3 is 5.97 Å². The number of nitro benzene ring substituents is 1. The van der Waals surface area contributed by atoms with Gasteiger partial charge in [-0.3, -0.25) is 10.1 Å². The number of halogens is 2. The Morgan fingerprint density at radius 1 is 1.33 bits per heavy atom. The van der Waals surface area contributed by atoms with Crippen molar-refractivity contribution in [2.75, 3.05) is 0 Å². The molecule has 0 saturated heterocycles. The smallest absolute Gasteiger partial charge is 0.338 e. The minimum absolute atomic E-state index is 0.00831. The van der Waals surface area contributed by atoms with Gasteiger partial charge in [0.25, 0.3) is 5.69 Å². The highest BCUT2D eigenvalue weighted by molar-refractivity contribution is 6.43. The van der Waals surface area contributed by atoms with Crippen LogP contribution >= 0.6 is 23.2 Å². The molecule has 0 radical (unpaired) electrons. The normalized spacial score (nSPS) is 11.2. The van der Waals surface area contributed by atoms with Crippen LogP contribution in [0.5, 0.6) is 0 Å². The van der Waals surface area contributed by atoms with Crippen molar-refractivity contribution in [3.8, 4) is 0 Å². The molecule has 0 aromatic heterocycles. The lowest BCUT2D eigenvalue weighted by Gasteiger charge is -2.19.